The summed E-state index contributed by atoms with van der Waals surface area (Å²) in [6, 6.07) is 51.7. The summed E-state index contributed by atoms with van der Waals surface area (Å²) >= 11 is 48.2. The second kappa shape index (κ2) is 58.7. The smallest absolute Gasteiger partial charge is 0.270 e. The van der Waals surface area contributed by atoms with E-state index in [4.69, 9.17) is 133 Å². The van der Waals surface area contributed by atoms with Crippen LogP contribution in [-0.4, -0.2) is 69.0 Å². The number of pyridine rings is 8. The Labute approximate surface area is 855 Å². The molecule has 0 fully saturated rings. The van der Waals surface area contributed by atoms with Gasteiger partial charge in [0.05, 0.1) is 123 Å². The van der Waals surface area contributed by atoms with Crippen molar-refractivity contribution >= 4 is 255 Å². The van der Waals surface area contributed by atoms with Crippen molar-refractivity contribution in [3.05, 3.63) is 365 Å². The molecule has 0 aliphatic carbocycles. The van der Waals surface area contributed by atoms with E-state index in [2.05, 4.69) is 0 Å². The molecule has 8 aromatic heterocycles. The van der Waals surface area contributed by atoms with Crippen molar-refractivity contribution in [2.75, 3.05) is 0 Å². The minimum atomic E-state index is -3.17. The van der Waals surface area contributed by atoms with Gasteiger partial charge in [0.2, 0.25) is 44.1 Å². The normalized spacial score (nSPS) is 10.2. The molecule has 0 saturated heterocycles. The molecule has 0 N–H and O–H groups in total. The summed E-state index contributed by atoms with van der Waals surface area (Å²) in [6.45, 7) is 22.4. The molecule has 0 saturated carbocycles. The first-order valence-corrected chi connectivity index (χ1v) is 44.9. The highest BCUT2D eigenvalue weighted by atomic mass is 35.5. The molecule has 0 atom stereocenters. The first kappa shape index (κ1) is 121. The van der Waals surface area contributed by atoms with Gasteiger partial charge in [0.15, 0.2) is 49.6 Å². The first-order valence-electron chi connectivity index (χ1n) is 41.9. The van der Waals surface area contributed by atoms with Gasteiger partial charge in [-0.1, -0.05) is 92.8 Å². The number of rotatable bonds is 16. The van der Waals surface area contributed by atoms with Crippen molar-refractivity contribution in [3.63, 3.8) is 0 Å². The lowest BCUT2D eigenvalue weighted by Crippen LogP contribution is -2.39. The second-order valence-corrected chi connectivity index (χ2v) is 31.6. The minimum Gasteiger partial charge on any atom is -0.867 e. The van der Waals surface area contributed by atoms with Crippen molar-refractivity contribution < 1.29 is 133 Å². The van der Waals surface area contributed by atoms with Gasteiger partial charge in [-0.2, -0.15) is 36.5 Å². The molecule has 0 aliphatic rings. The number of hydrogen-bond donors (Lipinski definition) is 0. The Morgan fingerprint density at radius 3 is 0.347 bits per heavy atom. The number of aromatic nitrogens is 8. The van der Waals surface area contributed by atoms with Crippen LogP contribution < -0.4 is 76.7 Å². The second-order valence-electron chi connectivity index (χ2n) is 28.4. The highest BCUT2D eigenvalue weighted by Gasteiger charge is 2.24. The standard InChI is InChI=1S/8C11H10ClN2O2.4BFO2/c8*1-2-13-6-5-10(12)9-7-8(14(15)16)3-4-11(9)13;4*2-1(3)4/h8*3-7H,2H2,1H3;;;;/q8*+1;4*-2. The van der Waals surface area contributed by atoms with Crippen LogP contribution in [0.4, 0.5) is 62.8 Å². The quantitative estimate of drug-likeness (QED) is 0.0285. The zero-order valence-electron chi connectivity index (χ0n) is 76.5. The molecule has 0 bridgehead atoms. The van der Waals surface area contributed by atoms with Gasteiger partial charge in [-0.05, 0) is 55.4 Å². The number of aryl methyl sites for hydroxylation is 8. The van der Waals surface area contributed by atoms with E-state index in [0.717, 1.165) is 96.5 Å². The maximum absolute atomic E-state index is 10.7. The molecular weight excluding hydrogens is 2070 g/mol. The van der Waals surface area contributed by atoms with Crippen molar-refractivity contribution in [2.24, 2.45) is 0 Å². The highest BCUT2D eigenvalue weighted by molar-refractivity contribution is 6.38. The van der Waals surface area contributed by atoms with Crippen LogP contribution in [0.25, 0.3) is 87.2 Å². The van der Waals surface area contributed by atoms with E-state index in [1.165, 1.54) is 97.1 Å². The molecule has 0 spiro atoms. The van der Waals surface area contributed by atoms with E-state index in [1.807, 2.05) is 142 Å². The summed E-state index contributed by atoms with van der Waals surface area (Å²) in [5.41, 5.74) is 7.70. The van der Waals surface area contributed by atoms with Crippen LogP contribution in [0.2, 0.25) is 40.2 Å². The summed E-state index contributed by atoms with van der Waals surface area (Å²) in [6.07, 6.45) is 15.0. The molecule has 8 aromatic carbocycles. The van der Waals surface area contributed by atoms with Crippen LogP contribution in [-0.2, 0) is 52.4 Å². The van der Waals surface area contributed by atoms with Crippen LogP contribution in [0.3, 0.4) is 0 Å². The number of nitro groups is 8. The summed E-state index contributed by atoms with van der Waals surface area (Å²) in [5.74, 6) is 0. The summed E-state index contributed by atoms with van der Waals surface area (Å²) in [4.78, 5) is 82.0. The zero-order chi connectivity index (χ0) is 108. The largest absolute Gasteiger partial charge is 0.867 e. The van der Waals surface area contributed by atoms with Gasteiger partial charge in [0.25, 0.3) is 45.5 Å². The Morgan fingerprint density at radius 1 is 0.194 bits per heavy atom. The van der Waals surface area contributed by atoms with Gasteiger partial charge < -0.3 is 57.5 Å². The molecule has 752 valence electrons. The number of nitro benzene ring substituents is 8. The maximum atomic E-state index is 10.7. The number of benzene rings is 8. The Morgan fingerprint density at radius 2 is 0.278 bits per heavy atom. The fourth-order valence-electron chi connectivity index (χ4n) is 13.4. The van der Waals surface area contributed by atoms with E-state index in [9.17, 15) is 98.2 Å². The van der Waals surface area contributed by atoms with Crippen LogP contribution in [0, 0.1) is 80.9 Å². The number of fused-ring (bicyclic) bond motifs is 8. The highest BCUT2D eigenvalue weighted by Crippen LogP contribution is 2.33. The lowest BCUT2D eigenvalue weighted by Gasteiger charge is -2.09. The third-order valence-electron chi connectivity index (χ3n) is 20.0. The van der Waals surface area contributed by atoms with Crippen molar-refractivity contribution in [2.45, 2.75) is 108 Å². The minimum absolute atomic E-state index is 0.0586. The number of non-ortho nitro benzene ring substituents is 8. The number of hydrogen-bond acceptors (Lipinski definition) is 24. The van der Waals surface area contributed by atoms with E-state index in [0.29, 0.717) is 83.3 Å². The Balaban J connectivity index is 0.000000283. The Hall–Kier alpha value is -13.8. The molecule has 16 rings (SSSR count). The molecule has 0 amide bonds. The molecular formula is C88H80B4Cl8F4N16O24. The molecule has 40 nitrogen and oxygen atoms in total. The maximum Gasteiger partial charge on any atom is 0.270 e. The molecule has 0 unspecified atom stereocenters. The Bertz CT molecular complexity index is 6070. The lowest BCUT2D eigenvalue weighted by atomic mass is 10.2. The van der Waals surface area contributed by atoms with Crippen molar-refractivity contribution in [3.8, 4) is 0 Å². The summed E-state index contributed by atoms with van der Waals surface area (Å²) in [5, 5.41) is 162. The molecule has 16 aromatic rings. The SMILES string of the molecule is CC[n+]1ccc(Cl)c2cc([N+](=O)[O-])ccc21.CC[n+]1ccc(Cl)c2cc([N+](=O)[O-])ccc21.CC[n+]1ccc(Cl)c2cc([N+](=O)[O-])ccc21.CC[n+]1ccc(Cl)c2cc([N+](=O)[O-])ccc21.CC[n+]1ccc(Cl)c2cc([N+](=O)[O-])ccc21.CC[n+]1ccc(Cl)c2cc([N+](=O)[O-])ccc21.CC[n+]1ccc(Cl)c2cc([N+](=O)[O-])ccc21.CC[n+]1ccc(Cl)c2cc([N+](=O)[O-])ccc21.[O-]B([O-])F.[O-]B([O-])F.[O-]B([O-])F.[O-]B([O-])F. The van der Waals surface area contributed by atoms with Crippen LogP contribution >= 0.6 is 92.8 Å². The number of nitrogens with zero attached hydrogens (tertiary/aromatic N) is 16. The van der Waals surface area contributed by atoms with Gasteiger partial charge in [0, 0.05) is 194 Å². The first-order chi connectivity index (χ1) is 68.0. The topological polar surface area (TPSA) is 561 Å². The molecule has 144 heavy (non-hydrogen) atoms. The molecule has 56 heteroatoms. The third-order valence-corrected chi connectivity index (χ3v) is 22.6. The van der Waals surface area contributed by atoms with E-state index < -0.39 is 69.0 Å². The van der Waals surface area contributed by atoms with Gasteiger partial charge >= 0.3 is 0 Å². The van der Waals surface area contributed by atoms with E-state index in [-0.39, 0.29) is 45.5 Å². The van der Waals surface area contributed by atoms with Crippen LogP contribution in [0.5, 0.6) is 0 Å². The van der Waals surface area contributed by atoms with E-state index >= 15 is 0 Å². The molecule has 0 radical (unpaired) electrons. The summed E-state index contributed by atoms with van der Waals surface area (Å²) < 4.78 is 55.5. The third kappa shape index (κ3) is 35.4. The van der Waals surface area contributed by atoms with Gasteiger partial charge in [0.1, 0.15) is 81.9 Å². The van der Waals surface area contributed by atoms with Gasteiger partial charge in [-0.3, -0.25) is 80.9 Å². The summed E-state index contributed by atoms with van der Waals surface area (Å²) in [7, 11) is -12.7. The van der Waals surface area contributed by atoms with Gasteiger partial charge in [-0.25, -0.2) is 0 Å². The average molecular weight is 2150 g/mol. The zero-order valence-corrected chi connectivity index (χ0v) is 82.6. The fraction of sp³-hybridized carbons (Fsp3) is 0.182. The Kier molecular flexibility index (Phi) is 49.2. The molecule has 8 heterocycles. The van der Waals surface area contributed by atoms with Crippen molar-refractivity contribution in [1.29, 1.82) is 0 Å². The lowest BCUT2D eigenvalue weighted by molar-refractivity contribution is -0.668. The molecule has 0 aliphatic heterocycles. The predicted molar refractivity (Wildman–Crippen MR) is 519 cm³/mol. The van der Waals surface area contributed by atoms with Crippen LogP contribution in [0.1, 0.15) is 55.4 Å². The van der Waals surface area contributed by atoms with Crippen LogP contribution in [0.15, 0.2) is 244 Å². The number of halogens is 12. The van der Waals surface area contributed by atoms with E-state index in [1.54, 1.807) is 97.1 Å². The van der Waals surface area contributed by atoms with Gasteiger partial charge in [-0.15, -0.1) is 0 Å². The van der Waals surface area contributed by atoms with Crippen molar-refractivity contribution in [1.82, 2.24) is 0 Å². The fourth-order valence-corrected chi connectivity index (χ4v) is 15.1. The predicted octanol–water partition coefficient (Wildman–Crippen LogP) is 12.3. The monoisotopic (exact) mass is 2140 g/mol. The average Bonchev–Trinajstić information content (AvgIpc) is 0.839.